The van der Waals surface area contributed by atoms with Crippen molar-refractivity contribution in [3.8, 4) is 0 Å². The van der Waals surface area contributed by atoms with Crippen LogP contribution >= 0.6 is 0 Å². The highest BCUT2D eigenvalue weighted by Gasteiger charge is 2.34. The van der Waals surface area contributed by atoms with Crippen LogP contribution in [0.3, 0.4) is 0 Å². The lowest BCUT2D eigenvalue weighted by Gasteiger charge is -2.41. The van der Waals surface area contributed by atoms with Gasteiger partial charge in [-0.3, -0.25) is 4.79 Å². The summed E-state index contributed by atoms with van der Waals surface area (Å²) in [5.41, 5.74) is 13.2. The van der Waals surface area contributed by atoms with E-state index < -0.39 is 0 Å². The van der Waals surface area contributed by atoms with Crippen molar-refractivity contribution >= 4 is 5.91 Å². The third-order valence-electron chi connectivity index (χ3n) is 4.75. The lowest BCUT2D eigenvalue weighted by atomic mass is 9.88. The molecule has 4 nitrogen and oxygen atoms in total. The van der Waals surface area contributed by atoms with E-state index in [1.165, 1.54) is 0 Å². The van der Waals surface area contributed by atoms with Gasteiger partial charge in [0.25, 0.3) is 0 Å². The molecule has 1 fully saturated rings. The lowest BCUT2D eigenvalue weighted by Crippen LogP contribution is -2.53. The average Bonchev–Trinajstić information content (AvgIpc) is 2.53. The molecule has 1 heterocycles. The van der Waals surface area contributed by atoms with Gasteiger partial charge in [-0.15, -0.1) is 0 Å². The van der Waals surface area contributed by atoms with Gasteiger partial charge in [-0.25, -0.2) is 0 Å². The zero-order chi connectivity index (χ0) is 15.4. The van der Waals surface area contributed by atoms with Crippen LogP contribution < -0.4 is 11.5 Å². The summed E-state index contributed by atoms with van der Waals surface area (Å²) in [6.07, 6.45) is 2.20. The van der Waals surface area contributed by atoms with E-state index in [1.54, 1.807) is 0 Å². The predicted octanol–water partition coefficient (Wildman–Crippen LogP) is 1.91. The second-order valence-electron chi connectivity index (χ2n) is 6.18. The maximum atomic E-state index is 12.8. The molecule has 0 spiro atoms. The van der Waals surface area contributed by atoms with Crippen LogP contribution in [0.2, 0.25) is 0 Å². The van der Waals surface area contributed by atoms with Crippen LogP contribution in [0, 0.1) is 11.8 Å². The van der Waals surface area contributed by atoms with Gasteiger partial charge in [-0.1, -0.05) is 44.2 Å². The van der Waals surface area contributed by atoms with Gasteiger partial charge in [-0.2, -0.15) is 0 Å². The highest BCUT2D eigenvalue weighted by Crippen LogP contribution is 2.27. The molecule has 1 aliphatic heterocycles. The van der Waals surface area contributed by atoms with Crippen LogP contribution in [-0.4, -0.2) is 29.9 Å². The summed E-state index contributed by atoms with van der Waals surface area (Å²) in [6, 6.07) is 9.71. The molecule has 1 amide bonds. The number of carbonyl (C=O) groups is 1. The van der Waals surface area contributed by atoms with E-state index in [0.717, 1.165) is 24.9 Å². The van der Waals surface area contributed by atoms with E-state index in [2.05, 4.69) is 6.92 Å². The molecule has 116 valence electrons. The Bertz CT molecular complexity index is 462. The number of benzene rings is 1. The molecule has 4 N–H and O–H groups in total. The van der Waals surface area contributed by atoms with Crippen LogP contribution in [0.15, 0.2) is 30.3 Å². The number of carbonyl (C=O) groups excluding carboxylic acids is 1. The third kappa shape index (κ3) is 3.44. The Morgan fingerprint density at radius 1 is 1.38 bits per heavy atom. The summed E-state index contributed by atoms with van der Waals surface area (Å²) in [5, 5.41) is 0. The third-order valence-corrected chi connectivity index (χ3v) is 4.75. The minimum absolute atomic E-state index is 0.133. The summed E-state index contributed by atoms with van der Waals surface area (Å²) >= 11 is 0. The number of nitrogens with zero attached hydrogens (tertiary/aromatic N) is 1. The number of rotatable bonds is 4. The molecule has 0 aromatic heterocycles. The number of piperidine rings is 1. The van der Waals surface area contributed by atoms with Crippen LogP contribution in [0.1, 0.15) is 38.3 Å². The number of hydrogen-bond donors (Lipinski definition) is 2. The first kappa shape index (κ1) is 16.0. The molecule has 0 saturated carbocycles. The van der Waals surface area contributed by atoms with E-state index in [4.69, 9.17) is 11.5 Å². The molecule has 4 unspecified atom stereocenters. The molecular weight excluding hydrogens is 262 g/mol. The molecule has 21 heavy (non-hydrogen) atoms. The molecule has 1 saturated heterocycles. The fourth-order valence-electron chi connectivity index (χ4n) is 3.26. The maximum absolute atomic E-state index is 12.8. The average molecular weight is 289 g/mol. The van der Waals surface area contributed by atoms with Gasteiger partial charge in [0.05, 0.1) is 5.92 Å². The predicted molar refractivity (Wildman–Crippen MR) is 85.5 cm³/mol. The van der Waals surface area contributed by atoms with Crippen LogP contribution in [-0.2, 0) is 4.79 Å². The molecule has 0 radical (unpaired) electrons. The van der Waals surface area contributed by atoms with Crippen molar-refractivity contribution in [1.29, 1.82) is 0 Å². The zero-order valence-corrected chi connectivity index (χ0v) is 13.0. The molecule has 1 aromatic carbocycles. The van der Waals surface area contributed by atoms with E-state index >= 15 is 0 Å². The Balaban J connectivity index is 2.11. The largest absolute Gasteiger partial charge is 0.338 e. The number of amides is 1. The fourth-order valence-corrected chi connectivity index (χ4v) is 3.26. The van der Waals surface area contributed by atoms with E-state index in [-0.39, 0.29) is 23.9 Å². The first-order chi connectivity index (χ1) is 10.1. The van der Waals surface area contributed by atoms with Crippen molar-refractivity contribution in [3.63, 3.8) is 0 Å². The summed E-state index contributed by atoms with van der Waals surface area (Å²) in [7, 11) is 0. The molecule has 4 atom stereocenters. The second-order valence-corrected chi connectivity index (χ2v) is 6.18. The van der Waals surface area contributed by atoms with Gasteiger partial charge < -0.3 is 16.4 Å². The molecule has 0 aliphatic carbocycles. The van der Waals surface area contributed by atoms with Gasteiger partial charge in [0.2, 0.25) is 5.91 Å². The van der Waals surface area contributed by atoms with Gasteiger partial charge in [0, 0.05) is 25.2 Å². The normalized spacial score (nSPS) is 25.4. The lowest BCUT2D eigenvalue weighted by molar-refractivity contribution is -0.140. The van der Waals surface area contributed by atoms with Crippen LogP contribution in [0.4, 0.5) is 0 Å². The van der Waals surface area contributed by atoms with Gasteiger partial charge in [0.15, 0.2) is 0 Å². The minimum Gasteiger partial charge on any atom is -0.338 e. The Hall–Kier alpha value is -1.39. The molecule has 1 aromatic rings. The summed E-state index contributed by atoms with van der Waals surface area (Å²) in [6.45, 7) is 5.43. The van der Waals surface area contributed by atoms with Crippen molar-refractivity contribution in [3.05, 3.63) is 35.9 Å². The van der Waals surface area contributed by atoms with Crippen molar-refractivity contribution in [2.75, 3.05) is 13.1 Å². The summed E-state index contributed by atoms with van der Waals surface area (Å²) < 4.78 is 0. The van der Waals surface area contributed by atoms with Gasteiger partial charge >= 0.3 is 0 Å². The molecule has 1 aliphatic rings. The summed E-state index contributed by atoms with van der Waals surface area (Å²) in [4.78, 5) is 14.8. The van der Waals surface area contributed by atoms with Gasteiger partial charge in [0.1, 0.15) is 0 Å². The van der Waals surface area contributed by atoms with Crippen molar-refractivity contribution in [1.82, 2.24) is 4.90 Å². The quantitative estimate of drug-likeness (QED) is 0.889. The highest BCUT2D eigenvalue weighted by atomic mass is 16.2. The Morgan fingerprint density at radius 2 is 2.05 bits per heavy atom. The number of nitrogens with two attached hydrogens (primary N) is 2. The van der Waals surface area contributed by atoms with E-state index in [0.29, 0.717) is 12.5 Å². The Morgan fingerprint density at radius 3 is 2.67 bits per heavy atom. The molecule has 0 bridgehead atoms. The van der Waals surface area contributed by atoms with Crippen molar-refractivity contribution < 1.29 is 4.79 Å². The van der Waals surface area contributed by atoms with Crippen molar-refractivity contribution in [2.45, 2.75) is 38.8 Å². The molecule has 4 heteroatoms. The first-order valence-electron chi connectivity index (χ1n) is 7.87. The van der Waals surface area contributed by atoms with Crippen molar-refractivity contribution in [2.24, 2.45) is 23.3 Å². The number of hydrogen-bond acceptors (Lipinski definition) is 3. The topological polar surface area (TPSA) is 72.3 Å². The SMILES string of the molecule is CC1CCCN(C(=O)C(C)C(N)c2ccccc2)C1CN. The Kier molecular flexibility index (Phi) is 5.37. The second kappa shape index (κ2) is 7.05. The minimum atomic E-state index is -0.269. The van der Waals surface area contributed by atoms with E-state index in [9.17, 15) is 4.79 Å². The Labute approximate surface area is 127 Å². The fraction of sp³-hybridized carbons (Fsp3) is 0.588. The molecule has 2 rings (SSSR count). The standard InChI is InChI=1S/C17H27N3O/c1-12-7-6-10-20(15(12)11-18)17(21)13(2)16(19)14-8-4-3-5-9-14/h3-5,8-9,12-13,15-16H,6-7,10-11,18-19H2,1-2H3. The zero-order valence-electron chi connectivity index (χ0n) is 13.0. The molecular formula is C17H27N3O. The van der Waals surface area contributed by atoms with Gasteiger partial charge in [-0.05, 0) is 24.3 Å². The van der Waals surface area contributed by atoms with Crippen LogP contribution in [0.25, 0.3) is 0 Å². The highest BCUT2D eigenvalue weighted by molar-refractivity contribution is 5.80. The monoisotopic (exact) mass is 289 g/mol. The maximum Gasteiger partial charge on any atom is 0.227 e. The smallest absolute Gasteiger partial charge is 0.227 e. The first-order valence-corrected chi connectivity index (χ1v) is 7.87. The van der Waals surface area contributed by atoms with Crippen LogP contribution in [0.5, 0.6) is 0 Å². The van der Waals surface area contributed by atoms with E-state index in [1.807, 2.05) is 42.2 Å². The number of likely N-dealkylation sites (tertiary alicyclic amines) is 1. The summed E-state index contributed by atoms with van der Waals surface area (Å²) in [5.74, 6) is 0.368.